The van der Waals surface area contributed by atoms with Gasteiger partial charge in [0.2, 0.25) is 5.95 Å². The number of halogens is 1. The molecule has 2 aromatic rings. The number of nitrogen functional groups attached to an aromatic ring is 1. The summed E-state index contributed by atoms with van der Waals surface area (Å²) >= 11 is 0. The Kier molecular flexibility index (Phi) is 7.79. The van der Waals surface area contributed by atoms with Crippen LogP contribution in [0, 0.1) is 5.82 Å². The zero-order chi connectivity index (χ0) is 20.0. The highest BCUT2D eigenvalue weighted by Gasteiger charge is 2.24. The van der Waals surface area contributed by atoms with Gasteiger partial charge in [0.15, 0.2) is 5.82 Å². The monoisotopic (exact) mass is 391 g/mol. The van der Waals surface area contributed by atoms with Crippen LogP contribution < -0.4 is 11.1 Å². The molecule has 1 unspecified atom stereocenters. The molecule has 2 rings (SSSR count). The third-order valence-electron chi connectivity index (χ3n) is 3.37. The maximum absolute atomic E-state index is 13.2. The molecule has 0 fully saturated rings. The zero-order valence-electron chi connectivity index (χ0n) is 14.4. The first kappa shape index (κ1) is 22.1. The second-order valence-electron chi connectivity index (χ2n) is 5.91. The summed E-state index contributed by atoms with van der Waals surface area (Å²) in [5.41, 5.74) is 5.88. The Labute approximate surface area is 149 Å². The molecule has 2 aromatic heterocycles. The average Bonchev–Trinajstić information content (AvgIpc) is 2.50. The first-order chi connectivity index (χ1) is 12.0. The van der Waals surface area contributed by atoms with Crippen molar-refractivity contribution < 1.29 is 28.7 Å². The van der Waals surface area contributed by atoms with E-state index in [9.17, 15) is 9.50 Å². The highest BCUT2D eigenvalue weighted by atomic mass is 31.2. The molecule has 0 amide bonds. The van der Waals surface area contributed by atoms with Crippen LogP contribution in [-0.4, -0.2) is 46.9 Å². The smallest absolute Gasteiger partial charge is 0.394 e. The van der Waals surface area contributed by atoms with Crippen LogP contribution in [0.3, 0.4) is 0 Å². The summed E-state index contributed by atoms with van der Waals surface area (Å²) in [7, 11) is -4.64. The summed E-state index contributed by atoms with van der Waals surface area (Å²) in [6.45, 7) is 3.93. The van der Waals surface area contributed by atoms with E-state index in [1.165, 1.54) is 6.07 Å². The molecule has 146 valence electrons. The Morgan fingerprint density at radius 3 is 2.50 bits per heavy atom. The molecule has 7 N–H and O–H groups in total. The molecule has 0 radical (unpaired) electrons. The van der Waals surface area contributed by atoms with E-state index < -0.39 is 19.2 Å². The Morgan fingerprint density at radius 2 is 1.96 bits per heavy atom. The number of aliphatic hydroxyl groups excluding tert-OH is 1. The number of anilines is 2. The number of phosphoric acid groups is 1. The summed E-state index contributed by atoms with van der Waals surface area (Å²) in [5.74, 6) is -0.0409. The molecule has 0 aliphatic carbocycles. The average molecular weight is 391 g/mol. The molecular weight excluding hydrogens is 368 g/mol. The molecule has 0 saturated heterocycles. The molecule has 0 bridgehead atoms. The summed E-state index contributed by atoms with van der Waals surface area (Å²) in [5, 5.41) is 12.8. The molecular formula is C14H23FN5O5P. The molecule has 1 atom stereocenters. The van der Waals surface area contributed by atoms with Crippen LogP contribution >= 0.6 is 7.82 Å². The van der Waals surface area contributed by atoms with Crippen LogP contribution in [0.1, 0.15) is 33.1 Å². The van der Waals surface area contributed by atoms with Gasteiger partial charge in [-0.3, -0.25) is 0 Å². The summed E-state index contributed by atoms with van der Waals surface area (Å²) in [4.78, 5) is 33.7. The minimum absolute atomic E-state index is 0.0354. The van der Waals surface area contributed by atoms with E-state index in [2.05, 4.69) is 27.2 Å². The van der Waals surface area contributed by atoms with Gasteiger partial charge in [0, 0.05) is 6.07 Å². The highest BCUT2D eigenvalue weighted by molar-refractivity contribution is 7.45. The maximum Gasteiger partial charge on any atom is 0.466 e. The minimum Gasteiger partial charge on any atom is -0.394 e. The van der Waals surface area contributed by atoms with Gasteiger partial charge in [0.05, 0.1) is 23.9 Å². The van der Waals surface area contributed by atoms with E-state index in [-0.39, 0.29) is 12.6 Å². The number of unbranched alkanes of at least 4 members (excludes halogenated alkanes) is 1. The van der Waals surface area contributed by atoms with Crippen molar-refractivity contribution in [1.29, 1.82) is 0 Å². The fourth-order valence-corrected chi connectivity index (χ4v) is 2.13. The minimum atomic E-state index is -4.64. The van der Waals surface area contributed by atoms with E-state index >= 15 is 0 Å². The number of aliphatic hydroxyl groups is 1. The fourth-order valence-electron chi connectivity index (χ4n) is 2.13. The van der Waals surface area contributed by atoms with E-state index in [0.29, 0.717) is 16.9 Å². The fraction of sp³-hybridized carbons (Fsp3) is 0.500. The maximum atomic E-state index is 13.2. The van der Waals surface area contributed by atoms with Gasteiger partial charge < -0.3 is 30.8 Å². The number of nitrogens with one attached hydrogen (secondary N) is 1. The predicted molar refractivity (Wildman–Crippen MR) is 94.6 cm³/mol. The van der Waals surface area contributed by atoms with Crippen molar-refractivity contribution in [3.8, 4) is 0 Å². The Morgan fingerprint density at radius 1 is 1.35 bits per heavy atom. The van der Waals surface area contributed by atoms with Gasteiger partial charge in [-0.25, -0.2) is 18.9 Å². The number of pyridine rings is 1. The van der Waals surface area contributed by atoms with Gasteiger partial charge >= 0.3 is 7.82 Å². The SMILES string of the molecule is CCCCC(C)(CO)Nc1nc(N)nc2cc(F)cnc12.O=P(O)(O)O. The Hall–Kier alpha value is -1.91. The summed E-state index contributed by atoms with van der Waals surface area (Å²) in [6.07, 6.45) is 3.86. The lowest BCUT2D eigenvalue weighted by atomic mass is 9.96. The predicted octanol–water partition coefficient (Wildman–Crippen LogP) is 1.17. The highest BCUT2D eigenvalue weighted by Crippen LogP contribution is 2.26. The van der Waals surface area contributed by atoms with E-state index in [1.807, 2.05) is 6.92 Å². The van der Waals surface area contributed by atoms with Gasteiger partial charge in [-0.2, -0.15) is 4.98 Å². The van der Waals surface area contributed by atoms with Crippen LogP contribution in [0.25, 0.3) is 11.0 Å². The van der Waals surface area contributed by atoms with Gasteiger partial charge in [-0.1, -0.05) is 19.8 Å². The lowest BCUT2D eigenvalue weighted by molar-refractivity contribution is 0.212. The number of nitrogens with zero attached hydrogens (tertiary/aromatic N) is 3. The second kappa shape index (κ2) is 9.15. The third kappa shape index (κ3) is 7.54. The van der Waals surface area contributed by atoms with Gasteiger partial charge in [0.1, 0.15) is 11.3 Å². The molecule has 0 aliphatic rings. The van der Waals surface area contributed by atoms with Crippen molar-refractivity contribution in [3.05, 3.63) is 18.1 Å². The number of fused-ring (bicyclic) bond motifs is 1. The largest absolute Gasteiger partial charge is 0.466 e. The van der Waals surface area contributed by atoms with Crippen molar-refractivity contribution >= 4 is 30.6 Å². The second-order valence-corrected chi connectivity index (χ2v) is 6.94. The lowest BCUT2D eigenvalue weighted by Gasteiger charge is -2.29. The van der Waals surface area contributed by atoms with Crippen molar-refractivity contribution in [1.82, 2.24) is 15.0 Å². The van der Waals surface area contributed by atoms with Crippen LogP contribution in [0.4, 0.5) is 16.2 Å². The van der Waals surface area contributed by atoms with Gasteiger partial charge in [-0.05, 0) is 13.3 Å². The standard InChI is InChI=1S/C14H20FN5O.H3O4P/c1-3-4-5-14(2,8-21)20-12-11-10(18-13(16)19-12)6-9(15)7-17-11;1-5(2,3)4/h6-7,21H,3-5,8H2,1-2H3,(H3,16,18,19,20);(H3,1,2,3,4). The first-order valence-electron chi connectivity index (χ1n) is 7.73. The zero-order valence-corrected chi connectivity index (χ0v) is 15.3. The van der Waals surface area contributed by atoms with Crippen LogP contribution in [0.2, 0.25) is 0 Å². The van der Waals surface area contributed by atoms with Crippen LogP contribution in [0.5, 0.6) is 0 Å². The molecule has 2 heterocycles. The van der Waals surface area contributed by atoms with E-state index in [0.717, 1.165) is 25.5 Å². The lowest BCUT2D eigenvalue weighted by Crippen LogP contribution is -2.39. The van der Waals surface area contributed by atoms with E-state index in [1.54, 1.807) is 0 Å². The normalized spacial score (nSPS) is 13.7. The first-order valence-corrected chi connectivity index (χ1v) is 9.30. The van der Waals surface area contributed by atoms with Crippen molar-refractivity contribution in [2.45, 2.75) is 38.6 Å². The van der Waals surface area contributed by atoms with Gasteiger partial charge in [-0.15, -0.1) is 0 Å². The topological polar surface area (TPSA) is 175 Å². The molecule has 12 heteroatoms. The van der Waals surface area contributed by atoms with E-state index in [4.69, 9.17) is 25.0 Å². The molecule has 10 nitrogen and oxygen atoms in total. The van der Waals surface area contributed by atoms with Crippen molar-refractivity contribution in [3.63, 3.8) is 0 Å². The van der Waals surface area contributed by atoms with Crippen LogP contribution in [0.15, 0.2) is 12.3 Å². The number of hydrogen-bond acceptors (Lipinski definition) is 7. The number of rotatable bonds is 6. The van der Waals surface area contributed by atoms with Crippen LogP contribution in [-0.2, 0) is 4.57 Å². The summed E-state index contributed by atoms with van der Waals surface area (Å²) < 4.78 is 22.1. The van der Waals surface area contributed by atoms with Gasteiger partial charge in [0.25, 0.3) is 0 Å². The molecule has 0 saturated carbocycles. The molecule has 26 heavy (non-hydrogen) atoms. The third-order valence-corrected chi connectivity index (χ3v) is 3.37. The Balaban J connectivity index is 0.000000597. The molecule has 0 aromatic carbocycles. The summed E-state index contributed by atoms with van der Waals surface area (Å²) in [6, 6.07) is 1.26. The van der Waals surface area contributed by atoms with Crippen molar-refractivity contribution in [2.24, 2.45) is 0 Å². The van der Waals surface area contributed by atoms with Crippen molar-refractivity contribution in [2.75, 3.05) is 17.7 Å². The number of nitrogens with two attached hydrogens (primary N) is 1. The molecule has 0 spiro atoms. The number of aromatic nitrogens is 3. The molecule has 0 aliphatic heterocycles. The quantitative estimate of drug-likeness (QED) is 0.392. The number of hydrogen-bond donors (Lipinski definition) is 6. The Bertz CT molecular complexity index is 776.